The van der Waals surface area contributed by atoms with E-state index in [2.05, 4.69) is 10.3 Å². The lowest BCUT2D eigenvalue weighted by molar-refractivity contribution is 0.0998. The second-order valence-electron chi connectivity index (χ2n) is 6.25. The molecule has 0 radical (unpaired) electrons. The fraction of sp³-hybridized carbons (Fsp3) is 0.143. The SMILES string of the molecule is COc1ccc(OC)c(-c2csc(NC(=O)c3oc4ccc(Cl)cc4c3C)n2)c1. The number of halogens is 1. The molecule has 0 saturated heterocycles. The fourth-order valence-corrected chi connectivity index (χ4v) is 3.91. The predicted octanol–water partition coefficient (Wildman–Crippen LogP) is 5.79. The molecule has 4 rings (SSSR count). The molecule has 0 aliphatic heterocycles. The normalized spacial score (nSPS) is 10.9. The highest BCUT2D eigenvalue weighted by atomic mass is 35.5. The van der Waals surface area contributed by atoms with Crippen LogP contribution in [0.1, 0.15) is 16.1 Å². The number of rotatable bonds is 5. The Balaban J connectivity index is 1.62. The van der Waals surface area contributed by atoms with Crippen molar-refractivity contribution in [2.75, 3.05) is 19.5 Å². The van der Waals surface area contributed by atoms with E-state index in [1.807, 2.05) is 30.5 Å². The number of benzene rings is 2. The van der Waals surface area contributed by atoms with E-state index >= 15 is 0 Å². The molecule has 0 aliphatic rings. The van der Waals surface area contributed by atoms with Crippen LogP contribution in [0, 0.1) is 6.92 Å². The molecule has 0 spiro atoms. The minimum Gasteiger partial charge on any atom is -0.497 e. The van der Waals surface area contributed by atoms with Crippen LogP contribution < -0.4 is 14.8 Å². The zero-order valence-corrected chi connectivity index (χ0v) is 17.5. The predicted molar refractivity (Wildman–Crippen MR) is 115 cm³/mol. The average molecular weight is 429 g/mol. The molecule has 148 valence electrons. The van der Waals surface area contributed by atoms with E-state index < -0.39 is 0 Å². The first-order valence-corrected chi connectivity index (χ1v) is 9.94. The molecule has 1 N–H and O–H groups in total. The van der Waals surface area contributed by atoms with Crippen molar-refractivity contribution < 1.29 is 18.7 Å². The largest absolute Gasteiger partial charge is 0.497 e. The van der Waals surface area contributed by atoms with Crippen LogP contribution in [0.4, 0.5) is 5.13 Å². The van der Waals surface area contributed by atoms with Gasteiger partial charge in [-0.3, -0.25) is 10.1 Å². The molecule has 1 amide bonds. The van der Waals surface area contributed by atoms with Gasteiger partial charge in [0.05, 0.1) is 19.9 Å². The third-order valence-electron chi connectivity index (χ3n) is 4.51. The topological polar surface area (TPSA) is 73.6 Å². The summed E-state index contributed by atoms with van der Waals surface area (Å²) in [5, 5.41) is 6.49. The Bertz CT molecular complexity index is 1210. The van der Waals surface area contributed by atoms with Crippen LogP contribution in [0.2, 0.25) is 5.02 Å². The van der Waals surface area contributed by atoms with Crippen molar-refractivity contribution in [3.05, 3.63) is 58.1 Å². The maximum Gasteiger partial charge on any atom is 0.293 e. The standard InChI is InChI=1S/C21H17ClN2O4S/c1-11-14-8-12(22)4-6-18(14)28-19(11)20(25)24-21-23-16(10-29-21)15-9-13(26-2)5-7-17(15)27-3/h4-10H,1-3H3,(H,23,24,25). The number of hydrogen-bond acceptors (Lipinski definition) is 6. The maximum atomic E-state index is 12.7. The number of thiazole rings is 1. The molecule has 0 fully saturated rings. The van der Waals surface area contributed by atoms with Crippen molar-refractivity contribution in [3.63, 3.8) is 0 Å². The number of carbonyl (C=O) groups is 1. The van der Waals surface area contributed by atoms with Crippen molar-refractivity contribution in [1.82, 2.24) is 4.98 Å². The number of aromatic nitrogens is 1. The van der Waals surface area contributed by atoms with Crippen molar-refractivity contribution in [1.29, 1.82) is 0 Å². The van der Waals surface area contributed by atoms with Gasteiger partial charge >= 0.3 is 0 Å². The molecule has 0 aliphatic carbocycles. The van der Waals surface area contributed by atoms with Gasteiger partial charge in [-0.05, 0) is 43.3 Å². The quantitative estimate of drug-likeness (QED) is 0.435. The Labute approximate surface area is 176 Å². The minimum atomic E-state index is -0.367. The second-order valence-corrected chi connectivity index (χ2v) is 7.55. The zero-order valence-electron chi connectivity index (χ0n) is 15.9. The van der Waals surface area contributed by atoms with Crippen LogP contribution in [0.3, 0.4) is 0 Å². The molecular formula is C21H17ClN2O4S. The number of aryl methyl sites for hydroxylation is 1. The smallest absolute Gasteiger partial charge is 0.293 e. The van der Waals surface area contributed by atoms with Gasteiger partial charge < -0.3 is 13.9 Å². The van der Waals surface area contributed by atoms with Gasteiger partial charge in [-0.2, -0.15) is 0 Å². The summed E-state index contributed by atoms with van der Waals surface area (Å²) in [5.41, 5.74) is 2.79. The fourth-order valence-electron chi connectivity index (χ4n) is 3.03. The lowest BCUT2D eigenvalue weighted by Gasteiger charge is -2.08. The lowest BCUT2D eigenvalue weighted by atomic mass is 10.1. The molecule has 6 nitrogen and oxygen atoms in total. The van der Waals surface area contributed by atoms with Gasteiger partial charge in [0.1, 0.15) is 17.1 Å². The molecule has 0 bridgehead atoms. The molecule has 0 saturated carbocycles. The van der Waals surface area contributed by atoms with Crippen molar-refractivity contribution in [3.8, 4) is 22.8 Å². The van der Waals surface area contributed by atoms with E-state index in [4.69, 9.17) is 25.5 Å². The minimum absolute atomic E-state index is 0.234. The number of anilines is 1. The molecule has 0 atom stereocenters. The molecular weight excluding hydrogens is 412 g/mol. The van der Waals surface area contributed by atoms with E-state index in [1.165, 1.54) is 11.3 Å². The van der Waals surface area contributed by atoms with Crippen molar-refractivity contribution >= 4 is 44.9 Å². The van der Waals surface area contributed by atoms with Crippen LogP contribution in [-0.4, -0.2) is 25.1 Å². The molecule has 2 heterocycles. The van der Waals surface area contributed by atoms with Gasteiger partial charge in [0.15, 0.2) is 10.9 Å². The molecule has 2 aromatic carbocycles. The van der Waals surface area contributed by atoms with Gasteiger partial charge in [0.2, 0.25) is 0 Å². The van der Waals surface area contributed by atoms with Crippen LogP contribution >= 0.6 is 22.9 Å². The first-order chi connectivity index (χ1) is 14.0. The van der Waals surface area contributed by atoms with E-state index in [0.717, 1.165) is 16.5 Å². The Morgan fingerprint density at radius 3 is 2.76 bits per heavy atom. The van der Waals surface area contributed by atoms with Crippen molar-refractivity contribution in [2.24, 2.45) is 0 Å². The monoisotopic (exact) mass is 428 g/mol. The summed E-state index contributed by atoms with van der Waals surface area (Å²) >= 11 is 7.36. The van der Waals surface area contributed by atoms with Gasteiger partial charge in [-0.25, -0.2) is 4.98 Å². The number of amides is 1. The van der Waals surface area contributed by atoms with Crippen molar-refractivity contribution in [2.45, 2.75) is 6.92 Å². The number of methoxy groups -OCH3 is 2. The van der Waals surface area contributed by atoms with Crippen LogP contribution in [0.15, 0.2) is 46.2 Å². The number of furan rings is 1. The van der Waals surface area contributed by atoms with Gasteiger partial charge in [-0.15, -0.1) is 11.3 Å². The highest BCUT2D eigenvalue weighted by molar-refractivity contribution is 7.14. The average Bonchev–Trinajstić information content (AvgIpc) is 3.32. The van der Waals surface area contributed by atoms with E-state index in [1.54, 1.807) is 32.4 Å². The highest BCUT2D eigenvalue weighted by Crippen LogP contribution is 2.35. The van der Waals surface area contributed by atoms with E-state index in [9.17, 15) is 4.79 Å². The maximum absolute atomic E-state index is 12.7. The number of carbonyl (C=O) groups excluding carboxylic acids is 1. The zero-order chi connectivity index (χ0) is 20.5. The summed E-state index contributed by atoms with van der Waals surface area (Å²) < 4.78 is 16.4. The number of nitrogens with one attached hydrogen (secondary N) is 1. The van der Waals surface area contributed by atoms with Crippen LogP contribution in [0.5, 0.6) is 11.5 Å². The summed E-state index contributed by atoms with van der Waals surface area (Å²) in [7, 11) is 3.19. The third kappa shape index (κ3) is 3.66. The molecule has 0 unspecified atom stereocenters. The van der Waals surface area contributed by atoms with Gasteiger partial charge in [0.25, 0.3) is 5.91 Å². The van der Waals surface area contributed by atoms with Gasteiger partial charge in [-0.1, -0.05) is 11.6 Å². The molecule has 29 heavy (non-hydrogen) atoms. The highest BCUT2D eigenvalue weighted by Gasteiger charge is 2.20. The summed E-state index contributed by atoms with van der Waals surface area (Å²) in [6, 6.07) is 10.7. The summed E-state index contributed by atoms with van der Waals surface area (Å²) in [6.07, 6.45) is 0. The molecule has 2 aromatic heterocycles. The third-order valence-corrected chi connectivity index (χ3v) is 5.50. The Morgan fingerprint density at radius 2 is 2.00 bits per heavy atom. The van der Waals surface area contributed by atoms with E-state index in [-0.39, 0.29) is 11.7 Å². The number of fused-ring (bicyclic) bond motifs is 1. The first kappa shape index (κ1) is 19.3. The Morgan fingerprint density at radius 1 is 1.17 bits per heavy atom. The number of hydrogen-bond donors (Lipinski definition) is 1. The lowest BCUT2D eigenvalue weighted by Crippen LogP contribution is -2.11. The second kappa shape index (κ2) is 7.77. The summed E-state index contributed by atoms with van der Waals surface area (Å²) in [6.45, 7) is 1.82. The summed E-state index contributed by atoms with van der Waals surface area (Å²) in [5.74, 6) is 1.22. The number of nitrogens with zero attached hydrogens (tertiary/aromatic N) is 1. The summed E-state index contributed by atoms with van der Waals surface area (Å²) in [4.78, 5) is 17.3. The van der Waals surface area contributed by atoms with E-state index in [0.29, 0.717) is 32.9 Å². The molecule has 8 heteroatoms. The molecule has 4 aromatic rings. The van der Waals surface area contributed by atoms with Crippen LogP contribution in [-0.2, 0) is 0 Å². The Hall–Kier alpha value is -3.03. The number of ether oxygens (including phenoxy) is 2. The first-order valence-electron chi connectivity index (χ1n) is 8.68. The van der Waals surface area contributed by atoms with Crippen LogP contribution in [0.25, 0.3) is 22.2 Å². The Kier molecular flexibility index (Phi) is 5.17. The van der Waals surface area contributed by atoms with Gasteiger partial charge in [0, 0.05) is 26.9 Å².